The van der Waals surface area contributed by atoms with E-state index in [4.69, 9.17) is 0 Å². The van der Waals surface area contributed by atoms with E-state index >= 15 is 0 Å². The van der Waals surface area contributed by atoms with Crippen LogP contribution in [0.3, 0.4) is 0 Å². The zero-order valence-electron chi connectivity index (χ0n) is 15.2. The van der Waals surface area contributed by atoms with Gasteiger partial charge in [-0.25, -0.2) is 4.79 Å². The lowest BCUT2D eigenvalue weighted by atomic mass is 9.84. The van der Waals surface area contributed by atoms with Crippen molar-refractivity contribution in [3.63, 3.8) is 0 Å². The fourth-order valence-corrected chi connectivity index (χ4v) is 3.61. The van der Waals surface area contributed by atoms with E-state index < -0.39 is 17.9 Å². The number of aliphatic carboxylic acids is 1. The molecule has 3 unspecified atom stereocenters. The van der Waals surface area contributed by atoms with E-state index in [9.17, 15) is 19.8 Å². The number of amides is 1. The summed E-state index contributed by atoms with van der Waals surface area (Å²) in [7, 11) is 0. The van der Waals surface area contributed by atoms with Gasteiger partial charge in [-0.1, -0.05) is 49.4 Å². The fourth-order valence-electron chi connectivity index (χ4n) is 3.19. The van der Waals surface area contributed by atoms with Gasteiger partial charge in [0.05, 0.1) is 5.92 Å². The second kappa shape index (κ2) is 10.0. The summed E-state index contributed by atoms with van der Waals surface area (Å²) in [6.07, 6.45) is 0.890. The minimum absolute atomic E-state index is 0.0354. The number of carbonyl (C=O) groups excluding carboxylic acids is 1. The van der Waals surface area contributed by atoms with Crippen molar-refractivity contribution < 1.29 is 19.8 Å². The Labute approximate surface area is 164 Å². The third-order valence-electron chi connectivity index (χ3n) is 4.68. The highest BCUT2D eigenvalue weighted by Crippen LogP contribution is 2.29. The molecule has 6 heteroatoms. The first kappa shape index (κ1) is 20.8. The molecule has 0 heterocycles. The number of benzene rings is 2. The van der Waals surface area contributed by atoms with Gasteiger partial charge in [-0.3, -0.25) is 4.79 Å². The Bertz CT molecular complexity index is 749. The highest BCUT2D eigenvalue weighted by molar-refractivity contribution is 7.80. The smallest absolute Gasteiger partial charge is 0.326 e. The molecule has 0 aliphatic heterocycles. The molecule has 2 aromatic carbocycles. The molecule has 0 aliphatic carbocycles. The lowest BCUT2D eigenvalue weighted by Crippen LogP contribution is -2.46. The fraction of sp³-hybridized carbons (Fsp3) is 0.333. The Morgan fingerprint density at radius 3 is 2.22 bits per heavy atom. The number of phenolic OH excluding ortho intramolecular Hbond substituents is 1. The van der Waals surface area contributed by atoms with Crippen LogP contribution in [0.2, 0.25) is 0 Å². The van der Waals surface area contributed by atoms with Crippen LogP contribution in [0.25, 0.3) is 0 Å². The molecular formula is C21H25NO4S. The van der Waals surface area contributed by atoms with Crippen LogP contribution < -0.4 is 5.32 Å². The molecule has 144 valence electrons. The van der Waals surface area contributed by atoms with Crippen LogP contribution in [-0.4, -0.2) is 33.9 Å². The number of hydrogen-bond donors (Lipinski definition) is 4. The Balaban J connectivity index is 2.14. The number of thiol groups is 1. The van der Waals surface area contributed by atoms with Crippen molar-refractivity contribution in [3.05, 3.63) is 65.7 Å². The number of carbonyl (C=O) groups is 2. The van der Waals surface area contributed by atoms with Crippen LogP contribution in [0, 0.1) is 5.92 Å². The van der Waals surface area contributed by atoms with Crippen LogP contribution in [0.15, 0.2) is 54.6 Å². The Kier molecular flexibility index (Phi) is 7.73. The van der Waals surface area contributed by atoms with Gasteiger partial charge in [0.15, 0.2) is 0 Å². The van der Waals surface area contributed by atoms with Crippen molar-refractivity contribution in [1.82, 2.24) is 5.32 Å². The number of carboxylic acids is 1. The molecule has 0 spiro atoms. The monoisotopic (exact) mass is 387 g/mol. The van der Waals surface area contributed by atoms with Crippen LogP contribution in [0.5, 0.6) is 5.75 Å². The van der Waals surface area contributed by atoms with Crippen LogP contribution in [0.1, 0.15) is 30.4 Å². The van der Waals surface area contributed by atoms with Crippen molar-refractivity contribution in [1.29, 1.82) is 0 Å². The average Bonchev–Trinajstić information content (AvgIpc) is 2.67. The van der Waals surface area contributed by atoms with Crippen molar-refractivity contribution in [2.75, 3.05) is 5.75 Å². The summed E-state index contributed by atoms with van der Waals surface area (Å²) >= 11 is 4.35. The van der Waals surface area contributed by atoms with Gasteiger partial charge in [0, 0.05) is 12.2 Å². The zero-order chi connectivity index (χ0) is 19.8. The van der Waals surface area contributed by atoms with E-state index in [0.717, 1.165) is 17.5 Å². The third kappa shape index (κ3) is 5.76. The molecule has 0 saturated carbocycles. The summed E-state index contributed by atoms with van der Waals surface area (Å²) in [5.41, 5.74) is 1.76. The van der Waals surface area contributed by atoms with Gasteiger partial charge in [0.25, 0.3) is 0 Å². The molecule has 3 N–H and O–H groups in total. The highest BCUT2D eigenvalue weighted by Gasteiger charge is 2.30. The third-order valence-corrected chi connectivity index (χ3v) is 5.07. The van der Waals surface area contributed by atoms with E-state index in [1.807, 2.05) is 37.3 Å². The summed E-state index contributed by atoms with van der Waals surface area (Å²) in [6, 6.07) is 15.0. The first-order chi connectivity index (χ1) is 13.0. The van der Waals surface area contributed by atoms with Crippen molar-refractivity contribution in [2.45, 2.75) is 31.7 Å². The summed E-state index contributed by atoms with van der Waals surface area (Å²) in [6.45, 7) is 2.01. The Hall–Kier alpha value is -2.47. The number of phenols is 1. The van der Waals surface area contributed by atoms with Crippen LogP contribution in [-0.2, 0) is 16.0 Å². The molecule has 0 bridgehead atoms. The maximum absolute atomic E-state index is 12.8. The molecule has 2 aromatic rings. The molecule has 0 aromatic heterocycles. The van der Waals surface area contributed by atoms with Gasteiger partial charge >= 0.3 is 5.97 Å². The average molecular weight is 388 g/mol. The van der Waals surface area contributed by atoms with E-state index in [2.05, 4.69) is 17.9 Å². The zero-order valence-corrected chi connectivity index (χ0v) is 16.1. The topological polar surface area (TPSA) is 86.6 Å². The maximum Gasteiger partial charge on any atom is 0.326 e. The lowest BCUT2D eigenvalue weighted by Gasteiger charge is -2.26. The number of nitrogens with one attached hydrogen (secondary N) is 1. The summed E-state index contributed by atoms with van der Waals surface area (Å²) < 4.78 is 0. The molecule has 3 atom stereocenters. The van der Waals surface area contributed by atoms with E-state index in [-0.39, 0.29) is 24.0 Å². The SMILES string of the molecule is CCC(c1ccccc1)C(CS)C(=O)NC(Cc1ccc(O)cc1)C(=O)O. The molecule has 2 rings (SSSR count). The van der Waals surface area contributed by atoms with Gasteiger partial charge in [-0.15, -0.1) is 0 Å². The Morgan fingerprint density at radius 2 is 1.70 bits per heavy atom. The largest absolute Gasteiger partial charge is 0.508 e. The van der Waals surface area contributed by atoms with Gasteiger partial charge < -0.3 is 15.5 Å². The van der Waals surface area contributed by atoms with Crippen molar-refractivity contribution in [3.8, 4) is 5.75 Å². The minimum atomic E-state index is -1.10. The normalized spacial score (nSPS) is 14.1. The summed E-state index contributed by atoms with van der Waals surface area (Å²) in [4.78, 5) is 24.5. The molecule has 0 fully saturated rings. The molecule has 0 aliphatic rings. The summed E-state index contributed by atoms with van der Waals surface area (Å²) in [5.74, 6) is -1.44. The second-order valence-electron chi connectivity index (χ2n) is 6.48. The molecule has 0 saturated heterocycles. The first-order valence-electron chi connectivity index (χ1n) is 8.93. The number of hydrogen-bond acceptors (Lipinski definition) is 4. The van der Waals surface area contributed by atoms with E-state index in [1.54, 1.807) is 12.1 Å². The predicted molar refractivity (Wildman–Crippen MR) is 108 cm³/mol. The number of aromatic hydroxyl groups is 1. The van der Waals surface area contributed by atoms with Crippen LogP contribution >= 0.6 is 12.6 Å². The second-order valence-corrected chi connectivity index (χ2v) is 6.85. The van der Waals surface area contributed by atoms with E-state index in [0.29, 0.717) is 5.75 Å². The lowest BCUT2D eigenvalue weighted by molar-refractivity contribution is -0.142. The highest BCUT2D eigenvalue weighted by atomic mass is 32.1. The van der Waals surface area contributed by atoms with Gasteiger partial charge in [0.2, 0.25) is 5.91 Å². The molecule has 0 radical (unpaired) electrons. The van der Waals surface area contributed by atoms with Crippen molar-refractivity contribution in [2.24, 2.45) is 5.92 Å². The standard InChI is InChI=1S/C21H25NO4S/c1-2-17(15-6-4-3-5-7-15)18(13-27)20(24)22-19(21(25)26)12-14-8-10-16(23)11-9-14/h3-11,17-19,23,27H,2,12-13H2,1H3,(H,22,24)(H,25,26). The van der Waals surface area contributed by atoms with Crippen molar-refractivity contribution >= 4 is 24.5 Å². The summed E-state index contributed by atoms with van der Waals surface area (Å²) in [5, 5.41) is 21.5. The molecular weight excluding hydrogens is 362 g/mol. The number of rotatable bonds is 9. The van der Waals surface area contributed by atoms with Gasteiger partial charge in [0.1, 0.15) is 11.8 Å². The van der Waals surface area contributed by atoms with Gasteiger partial charge in [-0.2, -0.15) is 12.6 Å². The molecule has 5 nitrogen and oxygen atoms in total. The Morgan fingerprint density at radius 1 is 1.07 bits per heavy atom. The maximum atomic E-state index is 12.8. The quantitative estimate of drug-likeness (QED) is 0.498. The molecule has 27 heavy (non-hydrogen) atoms. The van der Waals surface area contributed by atoms with Gasteiger partial charge in [-0.05, 0) is 35.6 Å². The van der Waals surface area contributed by atoms with Crippen LogP contribution in [0.4, 0.5) is 0 Å². The minimum Gasteiger partial charge on any atom is -0.508 e. The molecule has 1 amide bonds. The number of carboxylic acid groups (broad SMARTS) is 1. The predicted octanol–water partition coefficient (Wildman–Crippen LogP) is 3.24. The van der Waals surface area contributed by atoms with E-state index in [1.165, 1.54) is 12.1 Å². The first-order valence-corrected chi connectivity index (χ1v) is 9.56.